The van der Waals surface area contributed by atoms with Crippen molar-refractivity contribution in [2.24, 2.45) is 0 Å². The van der Waals surface area contributed by atoms with Gasteiger partial charge in [-0.2, -0.15) is 0 Å². The van der Waals surface area contributed by atoms with Gasteiger partial charge in [-0.25, -0.2) is 4.21 Å². The van der Waals surface area contributed by atoms with E-state index < -0.39 is 22.7 Å². The number of allylic oxidation sites excluding steroid dienone is 5. The topological polar surface area (TPSA) is 104 Å². The number of ketones is 1. The third-order valence-electron chi connectivity index (χ3n) is 2.83. The lowest BCUT2D eigenvalue weighted by Gasteiger charge is -2.20. The van der Waals surface area contributed by atoms with Gasteiger partial charge in [-0.1, -0.05) is 12.7 Å². The molecule has 0 aromatic heterocycles. The molecule has 0 saturated heterocycles. The fourth-order valence-corrected chi connectivity index (χ4v) is 2.75. The quantitative estimate of drug-likeness (QED) is 0.672. The molecule has 21 heavy (non-hydrogen) atoms. The number of aliphatic hydroxyl groups excluding tert-OH is 1. The lowest BCUT2D eigenvalue weighted by atomic mass is 10.0. The third-order valence-corrected chi connectivity index (χ3v) is 4.17. The zero-order valence-electron chi connectivity index (χ0n) is 11.8. The number of hydrogen-bond acceptors (Lipinski definition) is 4. The van der Waals surface area contributed by atoms with Crippen molar-refractivity contribution in [2.75, 3.05) is 0 Å². The molecule has 114 valence electrons. The number of carboxylic acid groups (broad SMARTS) is 1. The monoisotopic (exact) mass is 311 g/mol. The van der Waals surface area contributed by atoms with Crippen molar-refractivity contribution in [1.82, 2.24) is 4.72 Å². The van der Waals surface area contributed by atoms with Gasteiger partial charge in [0.05, 0.1) is 17.0 Å². The Kier molecular flexibility index (Phi) is 5.66. The summed E-state index contributed by atoms with van der Waals surface area (Å²) in [6.07, 6.45) is 2.43. The SMILES string of the molecule is C=C(/C=C1/C(O)=C(C)NS(=O)/C1=C/C)C(=O)CCC(=O)O. The second-order valence-corrected chi connectivity index (χ2v) is 5.58. The lowest BCUT2D eigenvalue weighted by Crippen LogP contribution is -2.25. The van der Waals surface area contributed by atoms with Crippen LogP contribution in [0.25, 0.3) is 0 Å². The fourth-order valence-electron chi connectivity index (χ4n) is 1.70. The highest BCUT2D eigenvalue weighted by Gasteiger charge is 2.24. The Bertz CT molecular complexity index is 613. The second kappa shape index (κ2) is 7.03. The largest absolute Gasteiger partial charge is 0.505 e. The van der Waals surface area contributed by atoms with Gasteiger partial charge in [-0.15, -0.1) is 0 Å². The summed E-state index contributed by atoms with van der Waals surface area (Å²) in [5, 5.41) is 18.6. The first kappa shape index (κ1) is 16.9. The molecule has 1 unspecified atom stereocenters. The number of carboxylic acids is 1. The van der Waals surface area contributed by atoms with Crippen molar-refractivity contribution in [1.29, 1.82) is 0 Å². The van der Waals surface area contributed by atoms with E-state index >= 15 is 0 Å². The van der Waals surface area contributed by atoms with Crippen LogP contribution in [0.1, 0.15) is 26.7 Å². The molecule has 0 spiro atoms. The van der Waals surface area contributed by atoms with E-state index in [1.54, 1.807) is 19.9 Å². The summed E-state index contributed by atoms with van der Waals surface area (Å²) in [6.45, 7) is 6.80. The highest BCUT2D eigenvalue weighted by molar-refractivity contribution is 7.87. The minimum atomic E-state index is -1.52. The summed E-state index contributed by atoms with van der Waals surface area (Å²) in [5.74, 6) is -1.62. The first-order valence-electron chi connectivity index (χ1n) is 6.18. The number of nitrogens with one attached hydrogen (secondary N) is 1. The second-order valence-electron chi connectivity index (χ2n) is 4.40. The maximum atomic E-state index is 11.9. The molecule has 6 nitrogen and oxygen atoms in total. The molecule has 0 amide bonds. The molecule has 1 aliphatic heterocycles. The van der Waals surface area contributed by atoms with Crippen LogP contribution in [0.2, 0.25) is 0 Å². The van der Waals surface area contributed by atoms with Crippen molar-refractivity contribution in [3.05, 3.63) is 46.2 Å². The number of hydrogen-bond donors (Lipinski definition) is 3. The van der Waals surface area contributed by atoms with Gasteiger partial charge in [0.2, 0.25) is 0 Å². The molecule has 0 aromatic rings. The van der Waals surface area contributed by atoms with Gasteiger partial charge in [-0.05, 0) is 19.9 Å². The molecular weight excluding hydrogens is 294 g/mol. The standard InChI is InChI=1S/C14H17NO5S/c1-4-12-10(14(19)9(3)15-21(12)20)7-8(2)11(16)5-6-13(17)18/h4,7,15,19H,2,5-6H2,1,3H3,(H,17,18)/b10-7+,12-4+. The summed E-state index contributed by atoms with van der Waals surface area (Å²) in [6, 6.07) is 0. The van der Waals surface area contributed by atoms with Crippen LogP contribution in [-0.2, 0) is 20.6 Å². The molecule has 0 fully saturated rings. The molecule has 0 aromatic carbocycles. The number of rotatable bonds is 5. The smallest absolute Gasteiger partial charge is 0.303 e. The van der Waals surface area contributed by atoms with Gasteiger partial charge in [-0.3, -0.25) is 9.59 Å². The van der Waals surface area contributed by atoms with Crippen LogP contribution in [0.3, 0.4) is 0 Å². The van der Waals surface area contributed by atoms with E-state index in [9.17, 15) is 18.9 Å². The summed E-state index contributed by atoms with van der Waals surface area (Å²) in [7, 11) is -1.52. The van der Waals surface area contributed by atoms with Gasteiger partial charge >= 0.3 is 5.97 Å². The molecule has 1 aliphatic rings. The maximum Gasteiger partial charge on any atom is 0.303 e. The molecule has 3 N–H and O–H groups in total. The predicted molar refractivity (Wildman–Crippen MR) is 79.5 cm³/mol. The van der Waals surface area contributed by atoms with E-state index in [1.165, 1.54) is 6.08 Å². The van der Waals surface area contributed by atoms with Gasteiger partial charge in [0.1, 0.15) is 5.76 Å². The van der Waals surface area contributed by atoms with Crippen LogP contribution in [0, 0.1) is 0 Å². The average Bonchev–Trinajstić information content (AvgIpc) is 2.41. The highest BCUT2D eigenvalue weighted by Crippen LogP contribution is 2.28. The van der Waals surface area contributed by atoms with Gasteiger partial charge in [0.25, 0.3) is 0 Å². The molecule has 0 radical (unpaired) electrons. The predicted octanol–water partition coefficient (Wildman–Crippen LogP) is 1.86. The van der Waals surface area contributed by atoms with Gasteiger partial charge in [0, 0.05) is 17.6 Å². The first-order valence-corrected chi connectivity index (χ1v) is 7.33. The molecule has 0 aliphatic carbocycles. The number of Topliss-reactive ketones (excluding diaryl/α,β-unsaturated/α-hetero) is 1. The van der Waals surface area contributed by atoms with Crippen molar-refractivity contribution >= 4 is 22.7 Å². The van der Waals surface area contributed by atoms with Crippen LogP contribution >= 0.6 is 0 Å². The maximum absolute atomic E-state index is 11.9. The van der Waals surface area contributed by atoms with E-state index in [0.29, 0.717) is 10.6 Å². The van der Waals surface area contributed by atoms with Crippen LogP contribution in [0.15, 0.2) is 46.2 Å². The van der Waals surface area contributed by atoms with Crippen LogP contribution < -0.4 is 4.72 Å². The Morgan fingerprint density at radius 3 is 2.52 bits per heavy atom. The number of carbonyl (C=O) groups excluding carboxylic acids is 1. The van der Waals surface area contributed by atoms with E-state index in [1.807, 2.05) is 0 Å². The molecular formula is C14H17NO5S. The molecule has 1 rings (SSSR count). The minimum Gasteiger partial charge on any atom is -0.505 e. The fraction of sp³-hybridized carbons (Fsp3) is 0.286. The third kappa shape index (κ3) is 4.16. The van der Waals surface area contributed by atoms with E-state index in [4.69, 9.17) is 5.11 Å². The summed E-state index contributed by atoms with van der Waals surface area (Å²) in [4.78, 5) is 22.6. The van der Waals surface area contributed by atoms with Crippen LogP contribution in [-0.4, -0.2) is 26.2 Å². The van der Waals surface area contributed by atoms with Crippen LogP contribution in [0.4, 0.5) is 0 Å². The highest BCUT2D eigenvalue weighted by atomic mass is 32.2. The molecule has 1 heterocycles. The van der Waals surface area contributed by atoms with E-state index in [0.717, 1.165) is 0 Å². The molecule has 1 atom stereocenters. The number of aliphatic carboxylic acids is 1. The van der Waals surface area contributed by atoms with Crippen molar-refractivity contribution in [2.45, 2.75) is 26.7 Å². The van der Waals surface area contributed by atoms with Crippen molar-refractivity contribution in [3.63, 3.8) is 0 Å². The summed E-state index contributed by atoms with van der Waals surface area (Å²) < 4.78 is 14.5. The Morgan fingerprint density at radius 1 is 1.38 bits per heavy atom. The zero-order valence-corrected chi connectivity index (χ0v) is 12.6. The molecule has 0 bridgehead atoms. The summed E-state index contributed by atoms with van der Waals surface area (Å²) >= 11 is 0. The minimum absolute atomic E-state index is 0.0591. The summed E-state index contributed by atoms with van der Waals surface area (Å²) in [5.41, 5.74) is 0.639. The average molecular weight is 311 g/mol. The van der Waals surface area contributed by atoms with Crippen LogP contribution in [0.5, 0.6) is 0 Å². The Balaban J connectivity index is 3.07. The van der Waals surface area contributed by atoms with Crippen molar-refractivity contribution < 1.29 is 24.0 Å². The Hall–Kier alpha value is -2.15. The van der Waals surface area contributed by atoms with Gasteiger partial charge in [0.15, 0.2) is 16.8 Å². The molecule has 7 heteroatoms. The lowest BCUT2D eigenvalue weighted by molar-refractivity contribution is -0.138. The number of carbonyl (C=O) groups is 2. The van der Waals surface area contributed by atoms with Crippen molar-refractivity contribution in [3.8, 4) is 0 Å². The van der Waals surface area contributed by atoms with Gasteiger partial charge < -0.3 is 14.9 Å². The molecule has 0 saturated carbocycles. The van der Waals surface area contributed by atoms with E-state index in [-0.39, 0.29) is 29.7 Å². The van der Waals surface area contributed by atoms with E-state index in [2.05, 4.69) is 11.3 Å². The Morgan fingerprint density at radius 2 is 2.00 bits per heavy atom. The number of aliphatic hydroxyl groups is 1. The zero-order chi connectivity index (χ0) is 16.2. The Labute approximate surface area is 125 Å². The first-order chi connectivity index (χ1) is 9.77. The normalized spacial score (nSPS) is 22.3.